The van der Waals surface area contributed by atoms with Crippen LogP contribution in [-0.4, -0.2) is 25.4 Å². The molecule has 0 aliphatic carbocycles. The molecular formula is C16H21NO3. The maximum atomic E-state index is 8.96. The van der Waals surface area contributed by atoms with Crippen molar-refractivity contribution in [3.8, 4) is 11.8 Å². The first-order chi connectivity index (χ1) is 9.62. The van der Waals surface area contributed by atoms with Crippen molar-refractivity contribution in [2.24, 2.45) is 0 Å². The average Bonchev–Trinajstić information content (AvgIpc) is 2.43. The SMILES string of the molecule is COc1ccc(C#N)cc1COC1CC(C)OC(C)C1. The third kappa shape index (κ3) is 3.72. The first-order valence-electron chi connectivity index (χ1n) is 6.96. The zero-order valence-electron chi connectivity index (χ0n) is 12.3. The summed E-state index contributed by atoms with van der Waals surface area (Å²) in [7, 11) is 1.63. The molecule has 1 aromatic carbocycles. The van der Waals surface area contributed by atoms with E-state index in [-0.39, 0.29) is 18.3 Å². The Labute approximate surface area is 120 Å². The molecule has 4 nitrogen and oxygen atoms in total. The molecule has 2 unspecified atom stereocenters. The van der Waals surface area contributed by atoms with Crippen molar-refractivity contribution in [3.63, 3.8) is 0 Å². The molecule has 0 radical (unpaired) electrons. The second-order valence-corrected chi connectivity index (χ2v) is 5.30. The van der Waals surface area contributed by atoms with E-state index in [1.165, 1.54) is 0 Å². The van der Waals surface area contributed by atoms with Gasteiger partial charge < -0.3 is 14.2 Å². The topological polar surface area (TPSA) is 51.5 Å². The van der Waals surface area contributed by atoms with Gasteiger partial charge in [0.25, 0.3) is 0 Å². The summed E-state index contributed by atoms with van der Waals surface area (Å²) < 4.78 is 17.0. The van der Waals surface area contributed by atoms with Gasteiger partial charge in [0.15, 0.2) is 0 Å². The van der Waals surface area contributed by atoms with E-state index >= 15 is 0 Å². The highest BCUT2D eigenvalue weighted by Crippen LogP contribution is 2.25. The fraction of sp³-hybridized carbons (Fsp3) is 0.562. The largest absolute Gasteiger partial charge is 0.496 e. The number of nitrogens with zero attached hydrogens (tertiary/aromatic N) is 1. The highest BCUT2D eigenvalue weighted by Gasteiger charge is 2.25. The van der Waals surface area contributed by atoms with Gasteiger partial charge in [0.2, 0.25) is 0 Å². The van der Waals surface area contributed by atoms with E-state index in [1.54, 1.807) is 13.2 Å². The molecule has 0 bridgehead atoms. The number of benzene rings is 1. The Kier molecular flexibility index (Phi) is 4.99. The van der Waals surface area contributed by atoms with Crippen LogP contribution in [0.3, 0.4) is 0 Å². The van der Waals surface area contributed by atoms with E-state index in [1.807, 2.05) is 12.1 Å². The van der Waals surface area contributed by atoms with Gasteiger partial charge in [-0.15, -0.1) is 0 Å². The van der Waals surface area contributed by atoms with Crippen molar-refractivity contribution in [3.05, 3.63) is 29.3 Å². The van der Waals surface area contributed by atoms with Gasteiger partial charge in [0, 0.05) is 5.56 Å². The van der Waals surface area contributed by atoms with Crippen molar-refractivity contribution in [1.29, 1.82) is 5.26 Å². The molecule has 0 N–H and O–H groups in total. The first kappa shape index (κ1) is 14.8. The molecule has 1 aliphatic heterocycles. The standard InChI is InChI=1S/C16H21NO3/c1-11-6-15(7-12(2)20-11)19-10-14-8-13(9-17)4-5-16(14)18-3/h4-5,8,11-12,15H,6-7,10H2,1-3H3. The summed E-state index contributed by atoms with van der Waals surface area (Å²) in [5.41, 5.74) is 1.54. The molecule has 1 saturated heterocycles. The Balaban J connectivity index is 2.01. The fourth-order valence-electron chi connectivity index (χ4n) is 2.65. The quantitative estimate of drug-likeness (QED) is 0.847. The van der Waals surface area contributed by atoms with E-state index in [0.717, 1.165) is 24.2 Å². The van der Waals surface area contributed by atoms with Crippen LogP contribution in [0.2, 0.25) is 0 Å². The highest BCUT2D eigenvalue weighted by molar-refractivity contribution is 5.41. The zero-order chi connectivity index (χ0) is 14.5. The molecule has 1 heterocycles. The summed E-state index contributed by atoms with van der Waals surface area (Å²) in [5.74, 6) is 0.761. The van der Waals surface area contributed by atoms with Crippen molar-refractivity contribution >= 4 is 0 Å². The smallest absolute Gasteiger partial charge is 0.124 e. The van der Waals surface area contributed by atoms with Crippen LogP contribution in [-0.2, 0) is 16.1 Å². The number of nitriles is 1. The Morgan fingerprint density at radius 1 is 1.30 bits per heavy atom. The van der Waals surface area contributed by atoms with Gasteiger partial charge in [-0.3, -0.25) is 0 Å². The Morgan fingerprint density at radius 3 is 2.60 bits per heavy atom. The summed E-state index contributed by atoms with van der Waals surface area (Å²) in [4.78, 5) is 0. The molecule has 4 heteroatoms. The van der Waals surface area contributed by atoms with Crippen LogP contribution >= 0.6 is 0 Å². The lowest BCUT2D eigenvalue weighted by molar-refractivity contribution is -0.106. The molecule has 2 atom stereocenters. The second kappa shape index (κ2) is 6.74. The molecule has 0 aromatic heterocycles. The lowest BCUT2D eigenvalue weighted by atomic mass is 10.0. The third-order valence-corrected chi connectivity index (χ3v) is 3.54. The molecule has 0 amide bonds. The Morgan fingerprint density at radius 2 is 2.00 bits per heavy atom. The molecule has 1 fully saturated rings. The molecule has 20 heavy (non-hydrogen) atoms. The van der Waals surface area contributed by atoms with Crippen LogP contribution in [0.5, 0.6) is 5.75 Å². The number of rotatable bonds is 4. The lowest BCUT2D eigenvalue weighted by Gasteiger charge is -2.32. The van der Waals surface area contributed by atoms with Gasteiger partial charge in [0.1, 0.15) is 5.75 Å². The van der Waals surface area contributed by atoms with E-state index in [2.05, 4.69) is 19.9 Å². The molecule has 0 spiro atoms. The zero-order valence-corrected chi connectivity index (χ0v) is 12.3. The summed E-state index contributed by atoms with van der Waals surface area (Å²) >= 11 is 0. The monoisotopic (exact) mass is 275 g/mol. The number of hydrogen-bond donors (Lipinski definition) is 0. The molecule has 2 rings (SSSR count). The third-order valence-electron chi connectivity index (χ3n) is 3.54. The Bertz CT molecular complexity index is 485. The minimum Gasteiger partial charge on any atom is -0.496 e. The number of methoxy groups -OCH3 is 1. The van der Waals surface area contributed by atoms with Gasteiger partial charge in [-0.05, 0) is 44.9 Å². The average molecular weight is 275 g/mol. The number of ether oxygens (including phenoxy) is 3. The van der Waals surface area contributed by atoms with Crippen LogP contribution in [0, 0.1) is 11.3 Å². The maximum Gasteiger partial charge on any atom is 0.124 e. The second-order valence-electron chi connectivity index (χ2n) is 5.30. The van der Waals surface area contributed by atoms with Crippen molar-refractivity contribution in [2.45, 2.75) is 51.6 Å². The van der Waals surface area contributed by atoms with Crippen molar-refractivity contribution < 1.29 is 14.2 Å². The van der Waals surface area contributed by atoms with Gasteiger partial charge in [-0.2, -0.15) is 5.26 Å². The highest BCUT2D eigenvalue weighted by atomic mass is 16.5. The molecular weight excluding hydrogens is 254 g/mol. The van der Waals surface area contributed by atoms with E-state index < -0.39 is 0 Å². The van der Waals surface area contributed by atoms with Crippen LogP contribution in [0.1, 0.15) is 37.8 Å². The lowest BCUT2D eigenvalue weighted by Crippen LogP contribution is -2.34. The summed E-state index contributed by atoms with van der Waals surface area (Å²) in [5, 5.41) is 8.96. The Hall–Kier alpha value is -1.57. The maximum absolute atomic E-state index is 8.96. The fourth-order valence-corrected chi connectivity index (χ4v) is 2.65. The molecule has 1 aliphatic rings. The summed E-state index contributed by atoms with van der Waals surface area (Å²) in [6, 6.07) is 7.53. The molecule has 108 valence electrons. The molecule has 1 aromatic rings. The van der Waals surface area contributed by atoms with Gasteiger partial charge >= 0.3 is 0 Å². The van der Waals surface area contributed by atoms with Gasteiger partial charge in [0.05, 0.1) is 43.7 Å². The van der Waals surface area contributed by atoms with Crippen molar-refractivity contribution in [1.82, 2.24) is 0 Å². The van der Waals surface area contributed by atoms with E-state index in [0.29, 0.717) is 12.2 Å². The first-order valence-corrected chi connectivity index (χ1v) is 6.96. The normalized spacial score (nSPS) is 26.0. The minimum absolute atomic E-state index is 0.198. The van der Waals surface area contributed by atoms with Crippen LogP contribution in [0.25, 0.3) is 0 Å². The van der Waals surface area contributed by atoms with Gasteiger partial charge in [-0.1, -0.05) is 0 Å². The van der Waals surface area contributed by atoms with Crippen LogP contribution in [0.15, 0.2) is 18.2 Å². The predicted molar refractivity (Wildman–Crippen MR) is 75.5 cm³/mol. The summed E-state index contributed by atoms with van der Waals surface area (Å²) in [6.07, 6.45) is 2.48. The predicted octanol–water partition coefficient (Wildman–Crippen LogP) is 3.04. The number of hydrogen-bond acceptors (Lipinski definition) is 4. The van der Waals surface area contributed by atoms with Gasteiger partial charge in [-0.25, -0.2) is 0 Å². The van der Waals surface area contributed by atoms with E-state index in [9.17, 15) is 0 Å². The summed E-state index contributed by atoms with van der Waals surface area (Å²) in [6.45, 7) is 4.61. The van der Waals surface area contributed by atoms with Crippen LogP contribution < -0.4 is 4.74 Å². The molecule has 0 saturated carbocycles. The van der Waals surface area contributed by atoms with E-state index in [4.69, 9.17) is 19.5 Å². The van der Waals surface area contributed by atoms with Crippen LogP contribution in [0.4, 0.5) is 0 Å². The minimum atomic E-state index is 0.198. The van der Waals surface area contributed by atoms with Crippen molar-refractivity contribution in [2.75, 3.05) is 7.11 Å².